The van der Waals surface area contributed by atoms with Crippen molar-refractivity contribution >= 4 is 51.9 Å². The van der Waals surface area contributed by atoms with Gasteiger partial charge in [-0.3, -0.25) is 9.36 Å². The molecule has 1 aliphatic heterocycles. The zero-order chi connectivity index (χ0) is 36.7. The summed E-state index contributed by atoms with van der Waals surface area (Å²) < 4.78 is 50.3. The van der Waals surface area contributed by atoms with E-state index in [2.05, 4.69) is 32.3 Å². The number of hydrogen-bond acceptors (Lipinski definition) is 11. The molecule has 0 aliphatic carbocycles. The third-order valence-corrected chi connectivity index (χ3v) is 9.42. The number of ether oxygens (including phenoxy) is 6. The number of nitrogens with zero attached hydrogens (tertiary/aromatic N) is 2. The minimum absolute atomic E-state index is 0.00619. The highest BCUT2D eigenvalue weighted by Crippen LogP contribution is 2.37. The molecule has 0 radical (unpaired) electrons. The molecule has 1 atom stereocenters. The van der Waals surface area contributed by atoms with Crippen LogP contribution in [0.5, 0.6) is 23.0 Å². The number of carbonyl (C=O) groups excluding carboxylic acids is 2. The number of esters is 2. The number of methoxy groups -OCH3 is 1. The molecule has 0 saturated carbocycles. The van der Waals surface area contributed by atoms with Gasteiger partial charge in [-0.25, -0.2) is 19.0 Å². The molecule has 1 aliphatic rings. The molecule has 2 heterocycles. The first-order valence-corrected chi connectivity index (χ1v) is 18.0. The fourth-order valence-electron chi connectivity index (χ4n) is 5.38. The van der Waals surface area contributed by atoms with E-state index in [4.69, 9.17) is 23.7 Å². The molecule has 5 rings (SSSR count). The van der Waals surface area contributed by atoms with Crippen LogP contribution in [0.1, 0.15) is 50.4 Å². The summed E-state index contributed by atoms with van der Waals surface area (Å²) in [6, 6.07) is 14.1. The normalized spacial score (nSPS) is 14.0. The van der Waals surface area contributed by atoms with E-state index in [0.717, 1.165) is 0 Å². The van der Waals surface area contributed by atoms with Crippen molar-refractivity contribution in [2.24, 2.45) is 4.99 Å². The topological polar surface area (TPSA) is 124 Å². The molecular formula is C37H36FIN2O9S. The van der Waals surface area contributed by atoms with Crippen LogP contribution in [0.25, 0.3) is 6.08 Å². The molecule has 11 nitrogen and oxygen atoms in total. The molecule has 0 amide bonds. The van der Waals surface area contributed by atoms with Gasteiger partial charge in [0.1, 0.15) is 12.4 Å². The second-order valence-corrected chi connectivity index (χ2v) is 13.1. The molecule has 3 aromatic carbocycles. The molecule has 0 fully saturated rings. The fraction of sp³-hybridized carbons (Fsp3) is 0.297. The van der Waals surface area contributed by atoms with Crippen LogP contribution in [0.4, 0.5) is 4.39 Å². The number of rotatable bonds is 14. The van der Waals surface area contributed by atoms with E-state index < -0.39 is 18.0 Å². The minimum Gasteiger partial charge on any atom is -0.490 e. The Hall–Kier alpha value is -4.70. The van der Waals surface area contributed by atoms with Crippen LogP contribution in [-0.2, 0) is 25.7 Å². The van der Waals surface area contributed by atoms with E-state index in [1.54, 1.807) is 69.3 Å². The van der Waals surface area contributed by atoms with Gasteiger partial charge in [-0.15, -0.1) is 0 Å². The van der Waals surface area contributed by atoms with Crippen LogP contribution in [-0.4, -0.2) is 50.0 Å². The van der Waals surface area contributed by atoms with Gasteiger partial charge in [0.15, 0.2) is 34.4 Å². The summed E-state index contributed by atoms with van der Waals surface area (Å²) in [4.78, 5) is 44.5. The van der Waals surface area contributed by atoms with E-state index >= 15 is 0 Å². The number of thiazole rings is 1. The van der Waals surface area contributed by atoms with Crippen LogP contribution < -0.4 is 33.8 Å². The van der Waals surface area contributed by atoms with Crippen molar-refractivity contribution in [1.82, 2.24) is 4.57 Å². The van der Waals surface area contributed by atoms with Gasteiger partial charge < -0.3 is 28.4 Å². The number of fused-ring (bicyclic) bond motifs is 1. The first-order valence-electron chi connectivity index (χ1n) is 16.1. The second kappa shape index (κ2) is 17.0. The zero-order valence-electron chi connectivity index (χ0n) is 28.6. The lowest BCUT2D eigenvalue weighted by Crippen LogP contribution is -2.40. The van der Waals surface area contributed by atoms with Gasteiger partial charge in [-0.1, -0.05) is 35.6 Å². The second-order valence-electron chi connectivity index (χ2n) is 10.9. The highest BCUT2D eigenvalue weighted by molar-refractivity contribution is 14.1. The molecule has 0 unspecified atom stereocenters. The fourth-order valence-corrected chi connectivity index (χ4v) is 7.20. The maximum atomic E-state index is 14.3. The molecule has 268 valence electrons. The molecule has 14 heteroatoms. The summed E-state index contributed by atoms with van der Waals surface area (Å²) in [5, 5.41) is 0. The average Bonchev–Trinajstić information content (AvgIpc) is 3.40. The largest absolute Gasteiger partial charge is 0.490 e. The zero-order valence-corrected chi connectivity index (χ0v) is 31.6. The molecule has 51 heavy (non-hydrogen) atoms. The number of allylic oxidation sites excluding steroid dienone is 1. The van der Waals surface area contributed by atoms with Crippen molar-refractivity contribution in [2.75, 3.05) is 33.5 Å². The van der Waals surface area contributed by atoms with Crippen molar-refractivity contribution in [3.05, 3.63) is 112 Å². The van der Waals surface area contributed by atoms with Crippen molar-refractivity contribution < 1.29 is 42.4 Å². The van der Waals surface area contributed by atoms with Gasteiger partial charge in [0.25, 0.3) is 5.56 Å². The molecule has 0 N–H and O–H groups in total. The smallest absolute Gasteiger partial charge is 0.343 e. The maximum Gasteiger partial charge on any atom is 0.343 e. The van der Waals surface area contributed by atoms with Gasteiger partial charge >= 0.3 is 11.9 Å². The van der Waals surface area contributed by atoms with E-state index in [1.165, 1.54) is 29.1 Å². The Morgan fingerprint density at radius 2 is 1.71 bits per heavy atom. The lowest BCUT2D eigenvalue weighted by Gasteiger charge is -2.25. The minimum atomic E-state index is -0.912. The SMILES string of the molecule is CCOC(=O)C1=C(C)N=c2s/c(=C\c3cc(I)c(OCc4ccccc4F)c(OCC)c3)c(=O)n2[C@@H]1c1ccc(OCC(=O)OC)c(OCC)c1. The van der Waals surface area contributed by atoms with Crippen molar-refractivity contribution in [2.45, 2.75) is 40.3 Å². The summed E-state index contributed by atoms with van der Waals surface area (Å²) in [5.41, 5.74) is 1.83. The van der Waals surface area contributed by atoms with Crippen molar-refractivity contribution in [1.29, 1.82) is 0 Å². The number of benzene rings is 3. The van der Waals surface area contributed by atoms with Crippen LogP contribution in [0, 0.1) is 9.39 Å². The first-order chi connectivity index (χ1) is 24.6. The van der Waals surface area contributed by atoms with E-state index in [9.17, 15) is 18.8 Å². The van der Waals surface area contributed by atoms with Gasteiger partial charge in [0.05, 0.1) is 52.3 Å². The Bertz CT molecular complexity index is 2160. The summed E-state index contributed by atoms with van der Waals surface area (Å²) in [6.45, 7) is 7.48. The van der Waals surface area contributed by atoms with Crippen LogP contribution in [0.3, 0.4) is 0 Å². The van der Waals surface area contributed by atoms with Crippen molar-refractivity contribution in [3.8, 4) is 23.0 Å². The maximum absolute atomic E-state index is 14.3. The average molecular weight is 831 g/mol. The Morgan fingerprint density at radius 3 is 2.41 bits per heavy atom. The highest BCUT2D eigenvalue weighted by Gasteiger charge is 2.34. The van der Waals surface area contributed by atoms with E-state index in [-0.39, 0.29) is 49.1 Å². The Balaban J connectivity index is 1.60. The third kappa shape index (κ3) is 8.44. The lowest BCUT2D eigenvalue weighted by molar-refractivity contribution is -0.143. The molecule has 4 aromatic rings. The monoisotopic (exact) mass is 830 g/mol. The van der Waals surface area contributed by atoms with Crippen LogP contribution in [0.15, 0.2) is 75.7 Å². The standard InChI is InChI=1S/C37H36FIN2O9S/c1-6-46-28-18-23(13-14-27(28)49-20-31(42)45-5)33-32(36(44)48-8-3)21(4)40-37-41(33)35(43)30(51-37)17-22-15-26(39)34(29(16-22)47-7-2)50-19-24-11-9-10-12-25(24)38/h9-18,33H,6-8,19-20H2,1-5H3/b30-17-/t33-/m1/s1. The Kier molecular flexibility index (Phi) is 12.5. The predicted octanol–water partition coefficient (Wildman–Crippen LogP) is 5.47. The predicted molar refractivity (Wildman–Crippen MR) is 197 cm³/mol. The van der Waals surface area contributed by atoms with Gasteiger partial charge in [0.2, 0.25) is 0 Å². The van der Waals surface area contributed by atoms with E-state index in [1.807, 2.05) is 13.0 Å². The van der Waals surface area contributed by atoms with Gasteiger partial charge in [-0.2, -0.15) is 0 Å². The third-order valence-electron chi connectivity index (χ3n) is 7.63. The summed E-state index contributed by atoms with van der Waals surface area (Å²) in [5.74, 6) is -0.0381. The molecule has 0 spiro atoms. The van der Waals surface area contributed by atoms with Crippen LogP contribution >= 0.6 is 33.9 Å². The molecule has 0 bridgehead atoms. The summed E-state index contributed by atoms with van der Waals surface area (Å²) in [7, 11) is 1.26. The molecule has 1 aromatic heterocycles. The number of hydrogen-bond donors (Lipinski definition) is 0. The first kappa shape index (κ1) is 37.6. The van der Waals surface area contributed by atoms with Crippen molar-refractivity contribution in [3.63, 3.8) is 0 Å². The van der Waals surface area contributed by atoms with Gasteiger partial charge in [-0.05, 0) is 97.8 Å². The molecular weight excluding hydrogens is 794 g/mol. The Labute approximate surface area is 311 Å². The Morgan fingerprint density at radius 1 is 0.961 bits per heavy atom. The number of halogens is 2. The van der Waals surface area contributed by atoms with Crippen LogP contribution in [0.2, 0.25) is 0 Å². The number of aromatic nitrogens is 1. The quantitative estimate of drug-likeness (QED) is 0.120. The summed E-state index contributed by atoms with van der Waals surface area (Å²) in [6.07, 6.45) is 1.73. The lowest BCUT2D eigenvalue weighted by atomic mass is 9.95. The highest BCUT2D eigenvalue weighted by atomic mass is 127. The molecule has 0 saturated heterocycles. The van der Waals surface area contributed by atoms with E-state index in [0.29, 0.717) is 59.1 Å². The van der Waals surface area contributed by atoms with Gasteiger partial charge in [0, 0.05) is 5.56 Å². The summed E-state index contributed by atoms with van der Waals surface area (Å²) >= 11 is 3.30. The number of carbonyl (C=O) groups is 2.